The van der Waals surface area contributed by atoms with E-state index < -0.39 is 0 Å². The minimum atomic E-state index is 0. The second kappa shape index (κ2) is 10.2. The van der Waals surface area contributed by atoms with Gasteiger partial charge in [-0.05, 0) is 29.8 Å². The molecule has 0 aromatic heterocycles. The number of hydrogen-bond acceptors (Lipinski definition) is 4. The van der Waals surface area contributed by atoms with Crippen LogP contribution in [0.4, 0.5) is 0 Å². The highest BCUT2D eigenvalue weighted by Gasteiger charge is 2.19. The summed E-state index contributed by atoms with van der Waals surface area (Å²) in [7, 11) is 1.83. The molecule has 2 aromatic rings. The number of carbonyl (C=O) groups excluding carboxylic acids is 1. The van der Waals surface area contributed by atoms with Crippen LogP contribution in [0.25, 0.3) is 0 Å². The maximum Gasteiger partial charge on any atom is 0.224 e. The predicted molar refractivity (Wildman–Crippen MR) is 104 cm³/mol. The second-order valence-corrected chi connectivity index (χ2v) is 6.24. The number of amides is 1. The van der Waals surface area contributed by atoms with Crippen LogP contribution in [-0.4, -0.2) is 43.7 Å². The molecule has 1 atom stereocenters. The molecule has 1 amide bonds. The summed E-state index contributed by atoms with van der Waals surface area (Å²) in [4.78, 5) is 14.1. The Labute approximate surface area is 160 Å². The van der Waals surface area contributed by atoms with E-state index in [1.165, 1.54) is 0 Å². The number of morpholine rings is 1. The van der Waals surface area contributed by atoms with Crippen molar-refractivity contribution >= 4 is 18.3 Å². The Morgan fingerprint density at radius 3 is 2.50 bits per heavy atom. The maximum atomic E-state index is 12.3. The molecular formula is C20H25ClN2O3. The minimum Gasteiger partial charge on any atom is -0.457 e. The molecule has 1 aliphatic rings. The van der Waals surface area contributed by atoms with Gasteiger partial charge in [0, 0.05) is 32.6 Å². The standard InChI is InChI=1S/C20H24N2O3.ClH/c1-22(20(23)13-17-15-24-12-11-21-17)14-16-7-9-19(10-8-16)25-18-5-3-2-4-6-18;/h2-10,17,21H,11-15H2,1H3;1H. The minimum absolute atomic E-state index is 0. The molecule has 3 rings (SSSR count). The van der Waals surface area contributed by atoms with E-state index in [9.17, 15) is 4.79 Å². The summed E-state index contributed by atoms with van der Waals surface area (Å²) in [6, 6.07) is 17.6. The average molecular weight is 377 g/mol. The van der Waals surface area contributed by atoms with Gasteiger partial charge in [0.05, 0.1) is 13.2 Å². The number of hydrogen-bond donors (Lipinski definition) is 1. The average Bonchev–Trinajstić information content (AvgIpc) is 2.65. The SMILES string of the molecule is CN(Cc1ccc(Oc2ccccc2)cc1)C(=O)CC1COCCN1.Cl. The Balaban J connectivity index is 0.00000243. The number of ether oxygens (including phenoxy) is 2. The second-order valence-electron chi connectivity index (χ2n) is 6.24. The first-order valence-corrected chi connectivity index (χ1v) is 8.57. The molecule has 1 saturated heterocycles. The number of carbonyl (C=O) groups is 1. The Bertz CT molecular complexity index is 673. The summed E-state index contributed by atoms with van der Waals surface area (Å²) in [6.07, 6.45) is 0.464. The van der Waals surface area contributed by atoms with Crippen molar-refractivity contribution in [2.75, 3.05) is 26.8 Å². The van der Waals surface area contributed by atoms with E-state index in [0.29, 0.717) is 19.6 Å². The number of nitrogens with one attached hydrogen (secondary N) is 1. The van der Waals surface area contributed by atoms with Crippen molar-refractivity contribution in [3.63, 3.8) is 0 Å². The summed E-state index contributed by atoms with van der Waals surface area (Å²) < 4.78 is 11.2. The maximum absolute atomic E-state index is 12.3. The van der Waals surface area contributed by atoms with E-state index in [1.807, 2.05) is 61.6 Å². The molecule has 5 nitrogen and oxygen atoms in total. The molecular weight excluding hydrogens is 352 g/mol. The third-order valence-corrected chi connectivity index (χ3v) is 4.17. The van der Waals surface area contributed by atoms with Crippen molar-refractivity contribution in [1.82, 2.24) is 10.2 Å². The van der Waals surface area contributed by atoms with Crippen LogP contribution in [0.2, 0.25) is 0 Å². The van der Waals surface area contributed by atoms with Gasteiger partial charge in [-0.1, -0.05) is 30.3 Å². The molecule has 1 unspecified atom stereocenters. The van der Waals surface area contributed by atoms with Crippen molar-refractivity contribution in [3.8, 4) is 11.5 Å². The molecule has 140 valence electrons. The first kappa shape index (κ1) is 20.2. The van der Waals surface area contributed by atoms with Gasteiger partial charge in [-0.2, -0.15) is 0 Å². The van der Waals surface area contributed by atoms with Gasteiger partial charge in [0.1, 0.15) is 11.5 Å². The van der Waals surface area contributed by atoms with Gasteiger partial charge in [-0.15, -0.1) is 12.4 Å². The van der Waals surface area contributed by atoms with E-state index >= 15 is 0 Å². The van der Waals surface area contributed by atoms with Crippen molar-refractivity contribution in [3.05, 3.63) is 60.2 Å². The molecule has 26 heavy (non-hydrogen) atoms. The third-order valence-electron chi connectivity index (χ3n) is 4.17. The molecule has 0 radical (unpaired) electrons. The molecule has 0 spiro atoms. The summed E-state index contributed by atoms with van der Waals surface area (Å²) in [5, 5.41) is 3.31. The monoisotopic (exact) mass is 376 g/mol. The van der Waals surface area contributed by atoms with Gasteiger partial charge in [-0.3, -0.25) is 4.79 Å². The van der Waals surface area contributed by atoms with Crippen LogP contribution in [0.15, 0.2) is 54.6 Å². The molecule has 1 N–H and O–H groups in total. The lowest BCUT2D eigenvalue weighted by Crippen LogP contribution is -2.44. The zero-order valence-corrected chi connectivity index (χ0v) is 15.7. The predicted octanol–water partition coefficient (Wildman–Crippen LogP) is 3.24. The number of rotatable bonds is 6. The largest absolute Gasteiger partial charge is 0.457 e. The fraction of sp³-hybridized carbons (Fsp3) is 0.350. The fourth-order valence-electron chi connectivity index (χ4n) is 2.77. The number of para-hydroxylation sites is 1. The van der Waals surface area contributed by atoms with Crippen LogP contribution in [0.5, 0.6) is 11.5 Å². The highest BCUT2D eigenvalue weighted by Crippen LogP contribution is 2.21. The van der Waals surface area contributed by atoms with Crippen LogP contribution < -0.4 is 10.1 Å². The van der Waals surface area contributed by atoms with Gasteiger partial charge in [0.15, 0.2) is 0 Å². The van der Waals surface area contributed by atoms with Gasteiger partial charge >= 0.3 is 0 Å². The first-order valence-electron chi connectivity index (χ1n) is 8.57. The summed E-state index contributed by atoms with van der Waals surface area (Å²) in [5.41, 5.74) is 1.07. The molecule has 6 heteroatoms. The van der Waals surface area contributed by atoms with Crippen molar-refractivity contribution in [2.45, 2.75) is 19.0 Å². The topological polar surface area (TPSA) is 50.8 Å². The zero-order chi connectivity index (χ0) is 17.5. The fourth-order valence-corrected chi connectivity index (χ4v) is 2.77. The Kier molecular flexibility index (Phi) is 7.91. The van der Waals surface area contributed by atoms with Crippen molar-refractivity contribution in [2.24, 2.45) is 0 Å². The quantitative estimate of drug-likeness (QED) is 0.840. The molecule has 1 heterocycles. The molecule has 0 bridgehead atoms. The van der Waals surface area contributed by atoms with Crippen LogP contribution in [0, 0.1) is 0 Å². The number of benzene rings is 2. The summed E-state index contributed by atoms with van der Waals surface area (Å²) in [6.45, 7) is 2.71. The van der Waals surface area contributed by atoms with Crippen LogP contribution in [0.1, 0.15) is 12.0 Å². The third kappa shape index (κ3) is 6.02. The molecule has 1 fully saturated rings. The molecule has 0 aliphatic carbocycles. The van der Waals surface area contributed by atoms with Gasteiger partial charge < -0.3 is 19.7 Å². The first-order chi connectivity index (χ1) is 12.2. The highest BCUT2D eigenvalue weighted by molar-refractivity contribution is 5.85. The van der Waals surface area contributed by atoms with E-state index in [4.69, 9.17) is 9.47 Å². The van der Waals surface area contributed by atoms with E-state index in [2.05, 4.69) is 5.32 Å². The van der Waals surface area contributed by atoms with Gasteiger partial charge in [0.2, 0.25) is 5.91 Å². The van der Waals surface area contributed by atoms with Crippen LogP contribution in [-0.2, 0) is 16.1 Å². The Hall–Kier alpha value is -2.08. The van der Waals surface area contributed by atoms with E-state index in [1.54, 1.807) is 4.90 Å². The number of nitrogens with zero attached hydrogens (tertiary/aromatic N) is 1. The summed E-state index contributed by atoms with van der Waals surface area (Å²) >= 11 is 0. The summed E-state index contributed by atoms with van der Waals surface area (Å²) in [5.74, 6) is 1.71. The van der Waals surface area contributed by atoms with E-state index in [0.717, 1.165) is 30.2 Å². The lowest BCUT2D eigenvalue weighted by Gasteiger charge is -2.25. The number of halogens is 1. The molecule has 0 saturated carbocycles. The lowest BCUT2D eigenvalue weighted by atomic mass is 10.1. The van der Waals surface area contributed by atoms with Crippen molar-refractivity contribution < 1.29 is 14.3 Å². The normalized spacial score (nSPS) is 16.4. The zero-order valence-electron chi connectivity index (χ0n) is 14.9. The van der Waals surface area contributed by atoms with Crippen LogP contribution in [0.3, 0.4) is 0 Å². The van der Waals surface area contributed by atoms with Gasteiger partial charge in [-0.25, -0.2) is 0 Å². The van der Waals surface area contributed by atoms with Crippen molar-refractivity contribution in [1.29, 1.82) is 0 Å². The highest BCUT2D eigenvalue weighted by atomic mass is 35.5. The van der Waals surface area contributed by atoms with Crippen LogP contribution >= 0.6 is 12.4 Å². The Morgan fingerprint density at radius 2 is 1.85 bits per heavy atom. The lowest BCUT2D eigenvalue weighted by molar-refractivity contribution is -0.131. The molecule has 1 aliphatic heterocycles. The smallest absolute Gasteiger partial charge is 0.224 e. The molecule has 2 aromatic carbocycles. The van der Waals surface area contributed by atoms with Gasteiger partial charge in [0.25, 0.3) is 0 Å². The Morgan fingerprint density at radius 1 is 1.15 bits per heavy atom. The van der Waals surface area contributed by atoms with E-state index in [-0.39, 0.29) is 24.4 Å².